The summed E-state index contributed by atoms with van der Waals surface area (Å²) in [4.78, 5) is 16.3. The molecule has 0 spiro atoms. The maximum Gasteiger partial charge on any atom is 0.252 e. The normalized spacial score (nSPS) is 10.4. The van der Waals surface area contributed by atoms with Crippen LogP contribution in [0.2, 0.25) is 0 Å². The molecule has 0 unspecified atom stereocenters. The summed E-state index contributed by atoms with van der Waals surface area (Å²) in [6.45, 7) is 0.444. The molecule has 3 rings (SSSR count). The number of nitrogens with one attached hydrogen (secondary N) is 2. The van der Waals surface area contributed by atoms with Gasteiger partial charge < -0.3 is 10.6 Å². The highest BCUT2D eigenvalue weighted by molar-refractivity contribution is 5.94. The van der Waals surface area contributed by atoms with Gasteiger partial charge in [0.05, 0.1) is 5.56 Å². The summed E-state index contributed by atoms with van der Waals surface area (Å²) in [5.74, 6) is -0.262. The van der Waals surface area contributed by atoms with Crippen molar-refractivity contribution in [3.05, 3.63) is 89.6 Å². The van der Waals surface area contributed by atoms with Crippen LogP contribution in [0.3, 0.4) is 0 Å². The van der Waals surface area contributed by atoms with Crippen LogP contribution < -0.4 is 10.6 Å². The van der Waals surface area contributed by atoms with Gasteiger partial charge in [-0.2, -0.15) is 0 Å². The first-order chi connectivity index (χ1) is 12.6. The summed E-state index contributed by atoms with van der Waals surface area (Å²) in [6.07, 6.45) is 2.09. The second-order valence-electron chi connectivity index (χ2n) is 5.70. The van der Waals surface area contributed by atoms with E-state index in [1.165, 1.54) is 30.5 Å². The van der Waals surface area contributed by atoms with Crippen LogP contribution in [0.25, 0.3) is 0 Å². The van der Waals surface area contributed by atoms with Gasteiger partial charge >= 0.3 is 0 Å². The Hall–Kier alpha value is -3.28. The van der Waals surface area contributed by atoms with Gasteiger partial charge in [0, 0.05) is 18.4 Å². The third kappa shape index (κ3) is 4.86. The molecule has 26 heavy (non-hydrogen) atoms. The zero-order valence-electron chi connectivity index (χ0n) is 13.9. The molecule has 1 heterocycles. The van der Waals surface area contributed by atoms with Crippen LogP contribution in [-0.4, -0.2) is 17.4 Å². The number of rotatable bonds is 6. The van der Waals surface area contributed by atoms with Crippen LogP contribution in [0, 0.1) is 11.6 Å². The maximum atomic E-state index is 12.9. The molecule has 1 amide bonds. The van der Waals surface area contributed by atoms with E-state index in [4.69, 9.17) is 0 Å². The third-order valence-corrected chi connectivity index (χ3v) is 3.75. The standard InChI is InChI=1S/C20H17F2N3O/c21-16-4-1-14(2-5-16)11-12-23-20(26)15-3-10-19(24-13-15)25-18-8-6-17(22)7-9-18/h1-10,13H,11-12H2,(H,23,26)(H,24,25). The highest BCUT2D eigenvalue weighted by atomic mass is 19.1. The Labute approximate surface area is 149 Å². The number of benzene rings is 2. The fourth-order valence-electron chi connectivity index (χ4n) is 2.36. The van der Waals surface area contributed by atoms with Gasteiger partial charge in [0.25, 0.3) is 5.91 Å². The van der Waals surface area contributed by atoms with Crippen molar-refractivity contribution in [1.82, 2.24) is 10.3 Å². The van der Waals surface area contributed by atoms with Gasteiger partial charge in [-0.25, -0.2) is 13.8 Å². The molecule has 2 aromatic carbocycles. The molecule has 0 radical (unpaired) electrons. The van der Waals surface area contributed by atoms with E-state index in [1.54, 1.807) is 36.4 Å². The average molecular weight is 353 g/mol. The van der Waals surface area contributed by atoms with E-state index in [1.807, 2.05) is 0 Å². The van der Waals surface area contributed by atoms with E-state index in [0.29, 0.717) is 30.0 Å². The Morgan fingerprint density at radius 1 is 0.885 bits per heavy atom. The smallest absolute Gasteiger partial charge is 0.252 e. The average Bonchev–Trinajstić information content (AvgIpc) is 2.66. The maximum absolute atomic E-state index is 12.9. The fraction of sp³-hybridized carbons (Fsp3) is 0.100. The van der Waals surface area contributed by atoms with Crippen LogP contribution in [0.4, 0.5) is 20.3 Å². The number of halogens is 2. The number of hydrogen-bond acceptors (Lipinski definition) is 3. The Morgan fingerprint density at radius 3 is 2.15 bits per heavy atom. The van der Waals surface area contributed by atoms with Gasteiger partial charge in [-0.3, -0.25) is 4.79 Å². The Bertz CT molecular complexity index is 863. The van der Waals surface area contributed by atoms with Crippen molar-refractivity contribution in [2.45, 2.75) is 6.42 Å². The summed E-state index contributed by atoms with van der Waals surface area (Å²) in [7, 11) is 0. The van der Waals surface area contributed by atoms with Crippen LogP contribution in [-0.2, 0) is 6.42 Å². The summed E-state index contributed by atoms with van der Waals surface area (Å²) >= 11 is 0. The molecule has 4 nitrogen and oxygen atoms in total. The number of amides is 1. The second kappa shape index (κ2) is 8.20. The number of carbonyl (C=O) groups is 1. The molecule has 0 saturated heterocycles. The summed E-state index contributed by atoms with van der Waals surface area (Å²) in [5, 5.41) is 5.83. The number of aromatic nitrogens is 1. The minimum absolute atomic E-state index is 0.229. The molecule has 1 aromatic heterocycles. The predicted octanol–water partition coefficient (Wildman–Crippen LogP) is 4.08. The van der Waals surface area contributed by atoms with Crippen molar-refractivity contribution in [3.8, 4) is 0 Å². The lowest BCUT2D eigenvalue weighted by molar-refractivity contribution is 0.0954. The number of nitrogens with zero attached hydrogens (tertiary/aromatic N) is 1. The van der Waals surface area contributed by atoms with E-state index in [9.17, 15) is 13.6 Å². The summed E-state index contributed by atoms with van der Waals surface area (Å²) < 4.78 is 25.7. The molecule has 0 aliphatic carbocycles. The molecule has 0 atom stereocenters. The fourth-order valence-corrected chi connectivity index (χ4v) is 2.36. The lowest BCUT2D eigenvalue weighted by Crippen LogP contribution is -2.25. The van der Waals surface area contributed by atoms with E-state index in [2.05, 4.69) is 15.6 Å². The summed E-state index contributed by atoms with van der Waals surface area (Å²) in [5.41, 5.74) is 2.09. The van der Waals surface area contributed by atoms with Crippen LogP contribution in [0.15, 0.2) is 66.9 Å². The van der Waals surface area contributed by atoms with E-state index in [-0.39, 0.29) is 17.5 Å². The minimum atomic E-state index is -0.309. The Morgan fingerprint density at radius 2 is 1.54 bits per heavy atom. The molecule has 0 bridgehead atoms. The molecule has 132 valence electrons. The van der Waals surface area contributed by atoms with Crippen molar-refractivity contribution < 1.29 is 13.6 Å². The molecule has 0 fully saturated rings. The van der Waals surface area contributed by atoms with Gasteiger partial charge in [0.1, 0.15) is 17.5 Å². The quantitative estimate of drug-likeness (QED) is 0.702. The first-order valence-corrected chi connectivity index (χ1v) is 8.11. The monoisotopic (exact) mass is 353 g/mol. The Balaban J connectivity index is 1.51. The molecule has 0 saturated carbocycles. The van der Waals surface area contributed by atoms with Crippen LogP contribution in [0.5, 0.6) is 0 Å². The topological polar surface area (TPSA) is 54.0 Å². The number of pyridine rings is 1. The van der Waals surface area contributed by atoms with Crippen molar-refractivity contribution in [1.29, 1.82) is 0 Å². The molecule has 0 aliphatic heterocycles. The van der Waals surface area contributed by atoms with Gasteiger partial charge in [0.15, 0.2) is 0 Å². The van der Waals surface area contributed by atoms with Gasteiger partial charge in [-0.05, 0) is 60.5 Å². The first kappa shape index (κ1) is 17.5. The van der Waals surface area contributed by atoms with Gasteiger partial charge in [0.2, 0.25) is 0 Å². The van der Waals surface area contributed by atoms with Gasteiger partial charge in [-0.15, -0.1) is 0 Å². The number of carbonyl (C=O) groups excluding carboxylic acids is 1. The van der Waals surface area contributed by atoms with E-state index >= 15 is 0 Å². The zero-order valence-corrected chi connectivity index (χ0v) is 13.9. The highest BCUT2D eigenvalue weighted by Gasteiger charge is 2.06. The SMILES string of the molecule is O=C(NCCc1ccc(F)cc1)c1ccc(Nc2ccc(F)cc2)nc1. The molecule has 2 N–H and O–H groups in total. The largest absolute Gasteiger partial charge is 0.352 e. The first-order valence-electron chi connectivity index (χ1n) is 8.11. The minimum Gasteiger partial charge on any atom is -0.352 e. The highest BCUT2D eigenvalue weighted by Crippen LogP contribution is 2.15. The van der Waals surface area contributed by atoms with E-state index in [0.717, 1.165) is 5.56 Å². The third-order valence-electron chi connectivity index (χ3n) is 3.75. The van der Waals surface area contributed by atoms with E-state index < -0.39 is 0 Å². The summed E-state index contributed by atoms with van der Waals surface area (Å²) in [6, 6.07) is 15.4. The van der Waals surface area contributed by atoms with Crippen LogP contribution in [0.1, 0.15) is 15.9 Å². The molecule has 6 heteroatoms. The van der Waals surface area contributed by atoms with Crippen LogP contribution >= 0.6 is 0 Å². The second-order valence-corrected chi connectivity index (χ2v) is 5.70. The number of anilines is 2. The van der Waals surface area contributed by atoms with Gasteiger partial charge in [-0.1, -0.05) is 12.1 Å². The number of hydrogen-bond donors (Lipinski definition) is 2. The lowest BCUT2D eigenvalue weighted by atomic mass is 10.1. The van der Waals surface area contributed by atoms with Crippen molar-refractivity contribution in [3.63, 3.8) is 0 Å². The lowest BCUT2D eigenvalue weighted by Gasteiger charge is -2.08. The molecule has 3 aromatic rings. The molecular weight excluding hydrogens is 336 g/mol. The molecule has 0 aliphatic rings. The predicted molar refractivity (Wildman–Crippen MR) is 96.4 cm³/mol. The molecular formula is C20H17F2N3O. The Kier molecular flexibility index (Phi) is 5.53. The van der Waals surface area contributed by atoms with Crippen molar-refractivity contribution >= 4 is 17.4 Å². The zero-order chi connectivity index (χ0) is 18.4. The van der Waals surface area contributed by atoms with Crippen molar-refractivity contribution in [2.24, 2.45) is 0 Å². The van der Waals surface area contributed by atoms with Crippen molar-refractivity contribution in [2.75, 3.05) is 11.9 Å².